The summed E-state index contributed by atoms with van der Waals surface area (Å²) in [6, 6.07) is 0. The van der Waals surface area contributed by atoms with Crippen LogP contribution in [0.3, 0.4) is 0 Å². The van der Waals surface area contributed by atoms with Crippen molar-refractivity contribution in [3.8, 4) is 0 Å². The summed E-state index contributed by atoms with van der Waals surface area (Å²) in [7, 11) is 1.60. The predicted octanol–water partition coefficient (Wildman–Crippen LogP) is -0.464. The van der Waals surface area contributed by atoms with Gasteiger partial charge in [-0.05, 0) is 0 Å². The van der Waals surface area contributed by atoms with Gasteiger partial charge in [-0.15, -0.1) is 0 Å². The predicted molar refractivity (Wildman–Crippen MR) is 27.4 cm³/mol. The first kappa shape index (κ1) is 5.56. The zero-order valence-corrected chi connectivity index (χ0v) is 4.76. The summed E-state index contributed by atoms with van der Waals surface area (Å²) in [5, 5.41) is 3.62. The molecule has 0 aromatic rings. The number of carbonyl (C=O) groups excluding carboxylic acids is 1. The molecule has 1 saturated heterocycles. The van der Waals surface area contributed by atoms with Crippen molar-refractivity contribution in [3.05, 3.63) is 0 Å². The molecule has 1 atom stereocenters. The molecule has 1 aliphatic rings. The van der Waals surface area contributed by atoms with Crippen molar-refractivity contribution in [1.29, 1.82) is 0 Å². The van der Waals surface area contributed by atoms with Gasteiger partial charge in [-0.25, -0.2) is 5.32 Å². The number of methoxy groups -OCH3 is 1. The van der Waals surface area contributed by atoms with E-state index in [0.29, 0.717) is 13.0 Å². The second kappa shape index (κ2) is 2.13. The summed E-state index contributed by atoms with van der Waals surface area (Å²) < 4.78 is 4.87. The van der Waals surface area contributed by atoms with Crippen LogP contribution >= 0.6 is 0 Å². The lowest BCUT2D eigenvalue weighted by Crippen LogP contribution is -2.10. The maximum atomic E-state index is 10.4. The molecule has 1 radical (unpaired) electrons. The van der Waals surface area contributed by atoms with Crippen molar-refractivity contribution in [3.63, 3.8) is 0 Å². The molecule has 3 nitrogen and oxygen atoms in total. The molecule has 45 valence electrons. The fourth-order valence-electron chi connectivity index (χ4n) is 0.685. The zero-order chi connectivity index (χ0) is 5.98. The van der Waals surface area contributed by atoms with Crippen LogP contribution in [0.15, 0.2) is 0 Å². The van der Waals surface area contributed by atoms with Crippen LogP contribution in [-0.4, -0.2) is 25.7 Å². The maximum Gasteiger partial charge on any atom is 0.243 e. The summed E-state index contributed by atoms with van der Waals surface area (Å²) in [4.78, 5) is 10.4. The summed E-state index contributed by atoms with van der Waals surface area (Å²) >= 11 is 0. The highest BCUT2D eigenvalue weighted by molar-refractivity contribution is 5.78. The van der Waals surface area contributed by atoms with Crippen LogP contribution in [0.4, 0.5) is 0 Å². The summed E-state index contributed by atoms with van der Waals surface area (Å²) in [6.07, 6.45) is 0.527. The molecular formula is C5H8NO2. The van der Waals surface area contributed by atoms with Crippen LogP contribution < -0.4 is 5.32 Å². The smallest absolute Gasteiger partial charge is 0.243 e. The number of amides is 1. The minimum atomic E-state index is -0.0307. The first-order valence-corrected chi connectivity index (χ1v) is 2.56. The van der Waals surface area contributed by atoms with Crippen LogP contribution in [0.5, 0.6) is 0 Å². The quantitative estimate of drug-likeness (QED) is 0.462. The highest BCUT2D eigenvalue weighted by Gasteiger charge is 2.21. The molecule has 1 heterocycles. The van der Waals surface area contributed by atoms with E-state index >= 15 is 0 Å². The number of hydrogen-bond donors (Lipinski definition) is 0. The van der Waals surface area contributed by atoms with E-state index in [2.05, 4.69) is 5.32 Å². The van der Waals surface area contributed by atoms with Crippen molar-refractivity contribution in [2.45, 2.75) is 12.5 Å². The lowest BCUT2D eigenvalue weighted by Gasteiger charge is -1.99. The molecule has 1 unspecified atom stereocenters. The molecule has 3 heteroatoms. The molecule has 0 aromatic heterocycles. The van der Waals surface area contributed by atoms with Crippen LogP contribution in [0.1, 0.15) is 6.42 Å². The van der Waals surface area contributed by atoms with E-state index in [1.807, 2.05) is 0 Å². The zero-order valence-electron chi connectivity index (χ0n) is 4.76. The van der Waals surface area contributed by atoms with Crippen LogP contribution in [0, 0.1) is 0 Å². The van der Waals surface area contributed by atoms with Crippen molar-refractivity contribution < 1.29 is 9.53 Å². The third kappa shape index (κ3) is 0.980. The Bertz CT molecular complexity index is 103. The fourth-order valence-corrected chi connectivity index (χ4v) is 0.685. The van der Waals surface area contributed by atoms with E-state index in [1.54, 1.807) is 7.11 Å². The lowest BCUT2D eigenvalue weighted by molar-refractivity contribution is -0.119. The minimum Gasteiger partial charge on any atom is -0.379 e. The Morgan fingerprint density at radius 2 is 2.62 bits per heavy atom. The average Bonchev–Trinajstić information content (AvgIpc) is 2.14. The van der Waals surface area contributed by atoms with Crippen molar-refractivity contribution in [2.24, 2.45) is 0 Å². The Morgan fingerprint density at radius 3 is 2.88 bits per heavy atom. The SMILES string of the molecule is COC1C[N]C(=O)C1. The molecule has 0 bridgehead atoms. The average molecular weight is 114 g/mol. The fraction of sp³-hybridized carbons (Fsp3) is 0.800. The standard InChI is InChI=1S/C5H8NO2/c1-8-4-2-5(7)6-3-4/h4H,2-3H2,1H3. The van der Waals surface area contributed by atoms with Crippen molar-refractivity contribution in [1.82, 2.24) is 5.32 Å². The second-order valence-corrected chi connectivity index (χ2v) is 1.80. The number of carbonyl (C=O) groups is 1. The van der Waals surface area contributed by atoms with Crippen LogP contribution in [0.2, 0.25) is 0 Å². The van der Waals surface area contributed by atoms with Gasteiger partial charge in [0.15, 0.2) is 0 Å². The topological polar surface area (TPSA) is 40.4 Å². The molecule has 1 fully saturated rings. The highest BCUT2D eigenvalue weighted by atomic mass is 16.5. The van der Waals surface area contributed by atoms with Gasteiger partial charge in [0.25, 0.3) is 0 Å². The molecule has 1 amide bonds. The van der Waals surface area contributed by atoms with E-state index < -0.39 is 0 Å². The van der Waals surface area contributed by atoms with Gasteiger partial charge in [-0.2, -0.15) is 0 Å². The molecule has 0 aromatic carbocycles. The van der Waals surface area contributed by atoms with Gasteiger partial charge in [0, 0.05) is 7.11 Å². The first-order chi connectivity index (χ1) is 3.83. The van der Waals surface area contributed by atoms with E-state index in [-0.39, 0.29) is 12.0 Å². The molecule has 1 aliphatic heterocycles. The monoisotopic (exact) mass is 114 g/mol. The Hall–Kier alpha value is -0.570. The third-order valence-electron chi connectivity index (χ3n) is 1.21. The van der Waals surface area contributed by atoms with E-state index in [4.69, 9.17) is 4.74 Å². The van der Waals surface area contributed by atoms with Crippen LogP contribution in [-0.2, 0) is 9.53 Å². The van der Waals surface area contributed by atoms with Crippen LogP contribution in [0.25, 0.3) is 0 Å². The van der Waals surface area contributed by atoms with Gasteiger partial charge in [0.2, 0.25) is 5.91 Å². The number of hydrogen-bond acceptors (Lipinski definition) is 2. The Labute approximate surface area is 48.0 Å². The van der Waals surface area contributed by atoms with Crippen molar-refractivity contribution >= 4 is 5.91 Å². The van der Waals surface area contributed by atoms with E-state index in [1.165, 1.54) is 0 Å². The molecular weight excluding hydrogens is 106 g/mol. The van der Waals surface area contributed by atoms with Gasteiger partial charge in [-0.3, -0.25) is 4.79 Å². The molecule has 0 N–H and O–H groups in total. The van der Waals surface area contributed by atoms with Gasteiger partial charge in [0.05, 0.1) is 19.1 Å². The van der Waals surface area contributed by atoms with Gasteiger partial charge >= 0.3 is 0 Å². The van der Waals surface area contributed by atoms with Gasteiger partial charge < -0.3 is 4.74 Å². The molecule has 8 heavy (non-hydrogen) atoms. The molecule has 1 rings (SSSR count). The first-order valence-electron chi connectivity index (χ1n) is 2.56. The van der Waals surface area contributed by atoms with Crippen molar-refractivity contribution in [2.75, 3.05) is 13.7 Å². The Balaban J connectivity index is 2.32. The van der Waals surface area contributed by atoms with E-state index in [0.717, 1.165) is 0 Å². The maximum absolute atomic E-state index is 10.4. The van der Waals surface area contributed by atoms with E-state index in [9.17, 15) is 4.79 Å². The lowest BCUT2D eigenvalue weighted by atomic mass is 10.3. The Morgan fingerprint density at radius 1 is 1.88 bits per heavy atom. The molecule has 0 saturated carbocycles. The summed E-state index contributed by atoms with van der Waals surface area (Å²) in [5.41, 5.74) is 0. The second-order valence-electron chi connectivity index (χ2n) is 1.80. The number of nitrogens with zero attached hydrogens (tertiary/aromatic N) is 1. The molecule has 0 aliphatic carbocycles. The summed E-state index contributed by atoms with van der Waals surface area (Å²) in [6.45, 7) is 0.551. The number of rotatable bonds is 1. The third-order valence-corrected chi connectivity index (χ3v) is 1.21. The Kier molecular flexibility index (Phi) is 1.48. The summed E-state index contributed by atoms with van der Waals surface area (Å²) in [5.74, 6) is -0.0307. The van der Waals surface area contributed by atoms with Gasteiger partial charge in [-0.1, -0.05) is 0 Å². The molecule has 0 spiro atoms. The highest BCUT2D eigenvalue weighted by Crippen LogP contribution is 2.03. The minimum absolute atomic E-state index is 0.0307. The number of ether oxygens (including phenoxy) is 1. The largest absolute Gasteiger partial charge is 0.379 e. The van der Waals surface area contributed by atoms with Gasteiger partial charge in [0.1, 0.15) is 0 Å². The normalized spacial score (nSPS) is 28.1.